The third-order valence-corrected chi connectivity index (χ3v) is 5.25. The highest BCUT2D eigenvalue weighted by Gasteiger charge is 2.21. The first-order valence-corrected chi connectivity index (χ1v) is 12.0. The average molecular weight is 533 g/mol. The molecule has 2 N–H and O–H groups in total. The number of benzene rings is 3. The first-order valence-electron chi connectivity index (χ1n) is 12.0. The number of carbonyl (C=O) groups excluding carboxylic acids is 3. The normalized spacial score (nSPS) is 11.1. The Morgan fingerprint density at radius 2 is 1.59 bits per heavy atom. The summed E-state index contributed by atoms with van der Waals surface area (Å²) in [6, 6.07) is 16.2. The Balaban J connectivity index is 1.63. The lowest BCUT2D eigenvalue weighted by Crippen LogP contribution is -2.27. The standard InChI is InChI=1S/C28H28N4O7/c1-5-38-24-16-18(6-15-23(24)39-26(34)20-9-13-22(14-10-20)32(36)37)17-29-31-25(33)19-7-11-21(12-8-19)30-27(35)28(2,3)4/h6-17H,5H2,1-4H3,(H,30,35)(H,31,33)/b29-17+. The van der Waals surface area contributed by atoms with Crippen LogP contribution in [-0.4, -0.2) is 35.5 Å². The Morgan fingerprint density at radius 3 is 2.18 bits per heavy atom. The number of rotatable bonds is 9. The Morgan fingerprint density at radius 1 is 0.949 bits per heavy atom. The third kappa shape index (κ3) is 7.96. The van der Waals surface area contributed by atoms with Gasteiger partial charge in [0.25, 0.3) is 11.6 Å². The number of hydrazone groups is 1. The molecular formula is C28H28N4O7. The van der Waals surface area contributed by atoms with Crippen molar-refractivity contribution in [2.75, 3.05) is 11.9 Å². The molecule has 11 nitrogen and oxygen atoms in total. The van der Waals surface area contributed by atoms with Crippen LogP contribution >= 0.6 is 0 Å². The van der Waals surface area contributed by atoms with Crippen molar-refractivity contribution in [1.29, 1.82) is 0 Å². The number of hydrogen-bond acceptors (Lipinski definition) is 8. The maximum absolute atomic E-state index is 12.5. The first-order chi connectivity index (χ1) is 18.5. The van der Waals surface area contributed by atoms with Gasteiger partial charge in [0.05, 0.1) is 23.3 Å². The topological polar surface area (TPSA) is 149 Å². The second-order valence-corrected chi connectivity index (χ2v) is 9.31. The summed E-state index contributed by atoms with van der Waals surface area (Å²) in [4.78, 5) is 47.3. The molecule has 0 bridgehead atoms. The lowest BCUT2D eigenvalue weighted by molar-refractivity contribution is -0.384. The number of non-ortho nitro benzene ring substituents is 1. The van der Waals surface area contributed by atoms with Crippen molar-refractivity contribution >= 4 is 35.4 Å². The average Bonchev–Trinajstić information content (AvgIpc) is 2.90. The summed E-state index contributed by atoms with van der Waals surface area (Å²) in [5.41, 5.74) is 3.38. The third-order valence-electron chi connectivity index (χ3n) is 5.25. The van der Waals surface area contributed by atoms with E-state index < -0.39 is 22.2 Å². The molecule has 0 fully saturated rings. The predicted molar refractivity (Wildman–Crippen MR) is 145 cm³/mol. The van der Waals surface area contributed by atoms with E-state index in [2.05, 4.69) is 15.8 Å². The number of nitrogens with zero attached hydrogens (tertiary/aromatic N) is 2. The van der Waals surface area contributed by atoms with E-state index in [0.29, 0.717) is 23.4 Å². The maximum Gasteiger partial charge on any atom is 0.343 e. The molecule has 0 aliphatic heterocycles. The molecule has 0 unspecified atom stereocenters. The van der Waals surface area contributed by atoms with E-state index in [4.69, 9.17) is 9.47 Å². The second-order valence-electron chi connectivity index (χ2n) is 9.31. The first kappa shape index (κ1) is 28.5. The number of carbonyl (C=O) groups is 3. The van der Waals surface area contributed by atoms with Crippen LogP contribution in [0.4, 0.5) is 11.4 Å². The zero-order valence-electron chi connectivity index (χ0n) is 21.9. The zero-order chi connectivity index (χ0) is 28.6. The molecule has 3 rings (SSSR count). The monoisotopic (exact) mass is 532 g/mol. The number of anilines is 1. The van der Waals surface area contributed by atoms with E-state index in [9.17, 15) is 24.5 Å². The molecule has 3 aromatic carbocycles. The number of esters is 1. The summed E-state index contributed by atoms with van der Waals surface area (Å²) in [5, 5.41) is 17.6. The molecule has 11 heteroatoms. The smallest absolute Gasteiger partial charge is 0.343 e. The largest absolute Gasteiger partial charge is 0.490 e. The van der Waals surface area contributed by atoms with Crippen molar-refractivity contribution in [3.05, 3.63) is 93.5 Å². The number of nitro benzene ring substituents is 1. The van der Waals surface area contributed by atoms with Gasteiger partial charge in [-0.25, -0.2) is 10.2 Å². The fourth-order valence-electron chi connectivity index (χ4n) is 3.09. The van der Waals surface area contributed by atoms with Gasteiger partial charge >= 0.3 is 5.97 Å². The summed E-state index contributed by atoms with van der Waals surface area (Å²) < 4.78 is 11.0. The van der Waals surface area contributed by atoms with Crippen LogP contribution in [0.2, 0.25) is 0 Å². The van der Waals surface area contributed by atoms with Crippen LogP contribution in [0.15, 0.2) is 71.8 Å². The second kappa shape index (κ2) is 12.5. The van der Waals surface area contributed by atoms with Crippen LogP contribution < -0.4 is 20.2 Å². The van der Waals surface area contributed by atoms with Crippen molar-refractivity contribution < 1.29 is 28.8 Å². The van der Waals surface area contributed by atoms with E-state index in [1.54, 1.807) is 43.3 Å². The van der Waals surface area contributed by atoms with Gasteiger partial charge in [0.2, 0.25) is 5.91 Å². The van der Waals surface area contributed by atoms with Gasteiger partial charge in [0, 0.05) is 28.8 Å². The van der Waals surface area contributed by atoms with Crippen LogP contribution in [0, 0.1) is 15.5 Å². The van der Waals surface area contributed by atoms with Crippen LogP contribution in [-0.2, 0) is 4.79 Å². The fraction of sp³-hybridized carbons (Fsp3) is 0.214. The number of hydrogen-bond donors (Lipinski definition) is 2. The molecule has 0 aromatic heterocycles. The Kier molecular flexibility index (Phi) is 9.11. The molecule has 39 heavy (non-hydrogen) atoms. The molecule has 0 aliphatic carbocycles. The van der Waals surface area contributed by atoms with E-state index in [-0.39, 0.29) is 28.7 Å². The molecule has 0 atom stereocenters. The molecule has 0 heterocycles. The SMILES string of the molecule is CCOc1cc(/C=N/NC(=O)c2ccc(NC(=O)C(C)(C)C)cc2)ccc1OC(=O)c1ccc([N+](=O)[O-])cc1. The zero-order valence-corrected chi connectivity index (χ0v) is 21.9. The number of nitro groups is 1. The van der Waals surface area contributed by atoms with E-state index in [1.165, 1.54) is 36.5 Å². The maximum atomic E-state index is 12.5. The number of ether oxygens (including phenoxy) is 2. The molecule has 0 radical (unpaired) electrons. The van der Waals surface area contributed by atoms with Gasteiger partial charge in [-0.05, 0) is 67.1 Å². The summed E-state index contributed by atoms with van der Waals surface area (Å²) in [7, 11) is 0. The predicted octanol–water partition coefficient (Wildman–Crippen LogP) is 4.96. The molecule has 0 saturated heterocycles. The van der Waals surface area contributed by atoms with Crippen molar-refractivity contribution in [2.45, 2.75) is 27.7 Å². The molecule has 2 amide bonds. The fourth-order valence-corrected chi connectivity index (χ4v) is 3.09. The van der Waals surface area contributed by atoms with Crippen LogP contribution in [0.1, 0.15) is 54.0 Å². The lowest BCUT2D eigenvalue weighted by atomic mass is 9.95. The molecule has 0 aliphatic rings. The highest BCUT2D eigenvalue weighted by Crippen LogP contribution is 2.29. The molecule has 3 aromatic rings. The highest BCUT2D eigenvalue weighted by molar-refractivity contribution is 5.97. The highest BCUT2D eigenvalue weighted by atomic mass is 16.6. The lowest BCUT2D eigenvalue weighted by Gasteiger charge is -2.17. The van der Waals surface area contributed by atoms with Crippen molar-refractivity contribution in [3.8, 4) is 11.5 Å². The molecule has 0 spiro atoms. The minimum absolute atomic E-state index is 0.136. The quantitative estimate of drug-likeness (QED) is 0.130. The Labute approximate surface area is 225 Å². The van der Waals surface area contributed by atoms with Gasteiger partial charge in [0.1, 0.15) is 0 Å². The van der Waals surface area contributed by atoms with Gasteiger partial charge in [0.15, 0.2) is 11.5 Å². The van der Waals surface area contributed by atoms with Crippen molar-refractivity contribution in [1.82, 2.24) is 5.43 Å². The number of amides is 2. The summed E-state index contributed by atoms with van der Waals surface area (Å²) in [6.45, 7) is 7.48. The van der Waals surface area contributed by atoms with Gasteiger partial charge in [-0.3, -0.25) is 19.7 Å². The Hall–Kier alpha value is -5.06. The molecule has 0 saturated carbocycles. The Bertz CT molecular complexity index is 1390. The summed E-state index contributed by atoms with van der Waals surface area (Å²) >= 11 is 0. The summed E-state index contributed by atoms with van der Waals surface area (Å²) in [6.07, 6.45) is 1.40. The van der Waals surface area contributed by atoms with Crippen molar-refractivity contribution in [2.24, 2.45) is 10.5 Å². The minimum atomic E-state index is -0.705. The van der Waals surface area contributed by atoms with E-state index in [1.807, 2.05) is 20.8 Å². The molecular weight excluding hydrogens is 504 g/mol. The van der Waals surface area contributed by atoms with Crippen LogP contribution in [0.5, 0.6) is 11.5 Å². The van der Waals surface area contributed by atoms with E-state index in [0.717, 1.165) is 0 Å². The molecule has 202 valence electrons. The van der Waals surface area contributed by atoms with Crippen LogP contribution in [0.3, 0.4) is 0 Å². The number of nitrogens with one attached hydrogen (secondary N) is 2. The van der Waals surface area contributed by atoms with Gasteiger partial charge in [-0.15, -0.1) is 0 Å². The van der Waals surface area contributed by atoms with E-state index >= 15 is 0 Å². The van der Waals surface area contributed by atoms with Gasteiger partial charge in [-0.2, -0.15) is 5.10 Å². The van der Waals surface area contributed by atoms with Crippen molar-refractivity contribution in [3.63, 3.8) is 0 Å². The minimum Gasteiger partial charge on any atom is -0.490 e. The van der Waals surface area contributed by atoms with Gasteiger partial charge < -0.3 is 14.8 Å². The summed E-state index contributed by atoms with van der Waals surface area (Å²) in [5.74, 6) is -0.860. The van der Waals surface area contributed by atoms with Gasteiger partial charge in [-0.1, -0.05) is 20.8 Å². The van der Waals surface area contributed by atoms with Crippen LogP contribution in [0.25, 0.3) is 0 Å².